The van der Waals surface area contributed by atoms with Crippen molar-refractivity contribution in [2.75, 3.05) is 0 Å². The molecule has 0 aromatic carbocycles. The molecule has 1 rings (SSSR count). The molecular weight excluding hydrogens is 168 g/mol. The van der Waals surface area contributed by atoms with E-state index >= 15 is 0 Å². The molecule has 0 aromatic rings. The monoisotopic (exact) mass is 180 g/mol. The molecule has 3 heteroatoms. The maximum atomic E-state index is 11.0. The van der Waals surface area contributed by atoms with E-state index in [-0.39, 0.29) is 5.41 Å². The summed E-state index contributed by atoms with van der Waals surface area (Å²) in [6.07, 6.45) is 2.63. The van der Waals surface area contributed by atoms with E-state index in [1.807, 2.05) is 20.8 Å². The van der Waals surface area contributed by atoms with Gasteiger partial charge in [0.25, 0.3) is 5.78 Å². The highest BCUT2D eigenvalue weighted by Crippen LogP contribution is 2.28. The number of rotatable bonds is 0. The van der Waals surface area contributed by atoms with Crippen molar-refractivity contribution in [3.05, 3.63) is 23.5 Å². The van der Waals surface area contributed by atoms with E-state index < -0.39 is 17.3 Å². The second-order valence-corrected chi connectivity index (χ2v) is 4.07. The van der Waals surface area contributed by atoms with Gasteiger partial charge in [0.1, 0.15) is 0 Å². The Morgan fingerprint density at radius 1 is 1.15 bits per heavy atom. The maximum absolute atomic E-state index is 11.0. The third-order valence-corrected chi connectivity index (χ3v) is 1.90. The summed E-state index contributed by atoms with van der Waals surface area (Å²) in [5.41, 5.74) is 0.444. The first-order chi connectivity index (χ1) is 5.82. The summed E-state index contributed by atoms with van der Waals surface area (Å²) >= 11 is 0. The average molecular weight is 180 g/mol. The molecule has 0 aromatic heterocycles. The number of aliphatic hydroxyl groups excluding tert-OH is 1. The summed E-state index contributed by atoms with van der Waals surface area (Å²) < 4.78 is 0. The lowest BCUT2D eigenvalue weighted by atomic mass is 9.83. The van der Waals surface area contributed by atoms with E-state index in [0.717, 1.165) is 0 Å². The van der Waals surface area contributed by atoms with E-state index in [1.54, 1.807) is 0 Å². The van der Waals surface area contributed by atoms with Crippen molar-refractivity contribution in [1.29, 1.82) is 0 Å². The SMILES string of the molecule is CC(C)(C)C1=CC(=O)C(=O)C(O)=C1. The lowest BCUT2D eigenvalue weighted by molar-refractivity contribution is -0.133. The van der Waals surface area contributed by atoms with Crippen LogP contribution in [-0.4, -0.2) is 16.7 Å². The van der Waals surface area contributed by atoms with Crippen LogP contribution in [-0.2, 0) is 9.59 Å². The lowest BCUT2D eigenvalue weighted by Gasteiger charge is -2.21. The third kappa shape index (κ3) is 1.86. The lowest BCUT2D eigenvalue weighted by Crippen LogP contribution is -2.22. The van der Waals surface area contributed by atoms with Gasteiger partial charge in [0, 0.05) is 0 Å². The zero-order chi connectivity index (χ0) is 10.2. The van der Waals surface area contributed by atoms with Gasteiger partial charge in [-0.15, -0.1) is 0 Å². The van der Waals surface area contributed by atoms with Crippen LogP contribution in [0.1, 0.15) is 20.8 Å². The molecule has 1 N–H and O–H groups in total. The van der Waals surface area contributed by atoms with Crippen LogP contribution in [0.5, 0.6) is 0 Å². The molecule has 0 atom stereocenters. The maximum Gasteiger partial charge on any atom is 0.267 e. The van der Waals surface area contributed by atoms with Crippen LogP contribution in [0.25, 0.3) is 0 Å². The first-order valence-electron chi connectivity index (χ1n) is 4.04. The number of carbonyl (C=O) groups excluding carboxylic acids is 2. The van der Waals surface area contributed by atoms with Crippen molar-refractivity contribution in [3.8, 4) is 0 Å². The first-order valence-corrected chi connectivity index (χ1v) is 4.04. The zero-order valence-corrected chi connectivity index (χ0v) is 7.92. The molecule has 13 heavy (non-hydrogen) atoms. The van der Waals surface area contributed by atoms with Crippen LogP contribution < -0.4 is 0 Å². The molecular formula is C10H12O3. The summed E-state index contributed by atoms with van der Waals surface area (Å²) in [5, 5.41) is 9.13. The van der Waals surface area contributed by atoms with Crippen LogP contribution in [0.15, 0.2) is 23.5 Å². The number of allylic oxidation sites excluding steroid dienone is 4. The molecule has 0 saturated heterocycles. The summed E-state index contributed by atoms with van der Waals surface area (Å²) in [7, 11) is 0. The predicted octanol–water partition coefficient (Wildman–Crippen LogP) is 1.55. The van der Waals surface area contributed by atoms with E-state index in [0.29, 0.717) is 5.57 Å². The van der Waals surface area contributed by atoms with Gasteiger partial charge >= 0.3 is 0 Å². The molecule has 0 amide bonds. The number of Topliss-reactive ketones (excluding diaryl/α,β-unsaturated/α-hetero) is 1. The Morgan fingerprint density at radius 2 is 1.69 bits per heavy atom. The highest BCUT2D eigenvalue weighted by molar-refractivity contribution is 6.47. The Labute approximate surface area is 76.8 Å². The number of hydrogen-bond donors (Lipinski definition) is 1. The fourth-order valence-electron chi connectivity index (χ4n) is 1.02. The minimum absolute atomic E-state index is 0.232. The fraction of sp³-hybridized carbons (Fsp3) is 0.400. The van der Waals surface area contributed by atoms with Gasteiger partial charge in [-0.2, -0.15) is 0 Å². The minimum atomic E-state index is -0.826. The Hall–Kier alpha value is -1.38. The van der Waals surface area contributed by atoms with Gasteiger partial charge in [0.15, 0.2) is 5.76 Å². The van der Waals surface area contributed by atoms with E-state index in [4.69, 9.17) is 5.11 Å². The van der Waals surface area contributed by atoms with E-state index in [2.05, 4.69) is 0 Å². The molecule has 0 radical (unpaired) electrons. The molecule has 1 aliphatic carbocycles. The molecule has 0 bridgehead atoms. The Morgan fingerprint density at radius 3 is 2.08 bits per heavy atom. The number of ketones is 2. The van der Waals surface area contributed by atoms with Crippen molar-refractivity contribution < 1.29 is 14.7 Å². The molecule has 70 valence electrons. The number of aliphatic hydroxyl groups is 1. The second kappa shape index (κ2) is 2.83. The van der Waals surface area contributed by atoms with Crippen LogP contribution in [0.3, 0.4) is 0 Å². The van der Waals surface area contributed by atoms with Gasteiger partial charge in [-0.3, -0.25) is 9.59 Å². The quantitative estimate of drug-likeness (QED) is 0.454. The normalized spacial score (nSPS) is 18.4. The largest absolute Gasteiger partial charge is 0.504 e. The van der Waals surface area contributed by atoms with Gasteiger partial charge in [0.05, 0.1) is 0 Å². The number of carbonyl (C=O) groups is 2. The standard InChI is InChI=1S/C10H12O3/c1-10(2,3)6-4-7(11)9(13)8(12)5-6/h4-5,11H,1-3H3. The summed E-state index contributed by atoms with van der Waals surface area (Å²) in [4.78, 5) is 21.9. The second-order valence-electron chi connectivity index (χ2n) is 4.07. The van der Waals surface area contributed by atoms with Gasteiger partial charge in [0.2, 0.25) is 5.78 Å². The Bertz CT molecular complexity index is 327. The minimum Gasteiger partial charge on any atom is -0.504 e. The van der Waals surface area contributed by atoms with Crippen LogP contribution >= 0.6 is 0 Å². The van der Waals surface area contributed by atoms with Gasteiger partial charge in [-0.1, -0.05) is 20.8 Å². The molecule has 0 heterocycles. The van der Waals surface area contributed by atoms with Crippen molar-refractivity contribution >= 4 is 11.6 Å². The highest BCUT2D eigenvalue weighted by atomic mass is 16.3. The smallest absolute Gasteiger partial charge is 0.267 e. The first kappa shape index (κ1) is 9.71. The molecule has 1 aliphatic rings. The molecule has 0 saturated carbocycles. The molecule has 0 fully saturated rings. The fourth-order valence-corrected chi connectivity index (χ4v) is 1.02. The van der Waals surface area contributed by atoms with Crippen LogP contribution in [0, 0.1) is 5.41 Å². The zero-order valence-electron chi connectivity index (χ0n) is 7.92. The third-order valence-electron chi connectivity index (χ3n) is 1.90. The summed E-state index contributed by atoms with van der Waals surface area (Å²) in [6.45, 7) is 5.73. The Kier molecular flexibility index (Phi) is 2.12. The molecule has 0 unspecified atom stereocenters. The van der Waals surface area contributed by atoms with Crippen molar-refractivity contribution in [3.63, 3.8) is 0 Å². The topological polar surface area (TPSA) is 54.4 Å². The van der Waals surface area contributed by atoms with Crippen molar-refractivity contribution in [2.24, 2.45) is 5.41 Å². The molecule has 0 aliphatic heterocycles. The summed E-state index contributed by atoms with van der Waals surface area (Å²) in [5.74, 6) is -1.93. The van der Waals surface area contributed by atoms with Gasteiger partial charge in [-0.05, 0) is 23.1 Å². The summed E-state index contributed by atoms with van der Waals surface area (Å²) in [6, 6.07) is 0. The van der Waals surface area contributed by atoms with Crippen LogP contribution in [0.2, 0.25) is 0 Å². The molecule has 3 nitrogen and oxygen atoms in total. The van der Waals surface area contributed by atoms with Gasteiger partial charge < -0.3 is 5.11 Å². The highest BCUT2D eigenvalue weighted by Gasteiger charge is 2.26. The van der Waals surface area contributed by atoms with Crippen molar-refractivity contribution in [2.45, 2.75) is 20.8 Å². The van der Waals surface area contributed by atoms with Crippen molar-refractivity contribution in [1.82, 2.24) is 0 Å². The predicted molar refractivity (Wildman–Crippen MR) is 48.3 cm³/mol. The average Bonchev–Trinajstić information content (AvgIpc) is 1.97. The number of hydrogen-bond acceptors (Lipinski definition) is 3. The molecule has 0 spiro atoms. The van der Waals surface area contributed by atoms with E-state index in [9.17, 15) is 9.59 Å². The van der Waals surface area contributed by atoms with Crippen LogP contribution in [0.4, 0.5) is 0 Å². The Balaban J connectivity index is 3.12. The van der Waals surface area contributed by atoms with Gasteiger partial charge in [-0.25, -0.2) is 0 Å². The van der Waals surface area contributed by atoms with E-state index in [1.165, 1.54) is 12.2 Å².